The van der Waals surface area contributed by atoms with Crippen molar-refractivity contribution in [1.82, 2.24) is 0 Å². The monoisotopic (exact) mass is 334 g/mol. The molecule has 0 aliphatic carbocycles. The third kappa shape index (κ3) is 3.08. The van der Waals surface area contributed by atoms with Crippen LogP contribution in [-0.4, -0.2) is 4.99 Å². The number of benzene rings is 2. The molecule has 2 aromatic rings. The van der Waals surface area contributed by atoms with Gasteiger partial charge in [-0.3, -0.25) is 0 Å². The molecule has 0 saturated heterocycles. The maximum atomic E-state index is 13.9. The predicted molar refractivity (Wildman–Crippen MR) is 76.9 cm³/mol. The summed E-state index contributed by atoms with van der Waals surface area (Å²) in [4.78, 5) is -0.316. The second-order valence-corrected chi connectivity index (χ2v) is 4.87. The Labute approximate surface area is 127 Å². The van der Waals surface area contributed by atoms with Crippen LogP contribution in [-0.2, 0) is 0 Å². The fourth-order valence-corrected chi connectivity index (χ4v) is 2.03. The van der Waals surface area contributed by atoms with Crippen molar-refractivity contribution in [3.63, 3.8) is 0 Å². The summed E-state index contributed by atoms with van der Waals surface area (Å²) in [5.41, 5.74) is 4.19. The van der Waals surface area contributed by atoms with Gasteiger partial charge < -0.3 is 11.1 Å². The maximum Gasteiger partial charge on any atom is 0.182 e. The molecule has 2 rings (SSSR count). The van der Waals surface area contributed by atoms with Crippen LogP contribution in [0.25, 0.3) is 0 Å². The normalized spacial score (nSPS) is 10.5. The fraction of sp³-hybridized carbons (Fsp3) is 0. The van der Waals surface area contributed by atoms with Crippen LogP contribution in [0.2, 0.25) is 5.02 Å². The highest BCUT2D eigenvalue weighted by atomic mass is 35.5. The van der Waals surface area contributed by atoms with Gasteiger partial charge in [-0.05, 0) is 18.2 Å². The largest absolute Gasteiger partial charge is 0.389 e. The van der Waals surface area contributed by atoms with Crippen LogP contribution < -0.4 is 11.1 Å². The Kier molecular flexibility index (Phi) is 4.34. The molecule has 0 spiro atoms. The molecule has 2 nitrogen and oxygen atoms in total. The van der Waals surface area contributed by atoms with Crippen molar-refractivity contribution < 1.29 is 17.6 Å². The summed E-state index contributed by atoms with van der Waals surface area (Å²) < 4.78 is 54.1. The van der Waals surface area contributed by atoms with Gasteiger partial charge in [-0.15, -0.1) is 0 Å². The van der Waals surface area contributed by atoms with Gasteiger partial charge in [-0.2, -0.15) is 0 Å². The van der Waals surface area contributed by atoms with Gasteiger partial charge in [0, 0.05) is 11.6 Å². The molecule has 0 heterocycles. The van der Waals surface area contributed by atoms with Crippen molar-refractivity contribution in [2.75, 3.05) is 5.32 Å². The van der Waals surface area contributed by atoms with E-state index in [9.17, 15) is 17.6 Å². The summed E-state index contributed by atoms with van der Waals surface area (Å²) in [5, 5.41) is 1.96. The first kappa shape index (κ1) is 15.5. The van der Waals surface area contributed by atoms with Crippen molar-refractivity contribution in [2.24, 2.45) is 5.73 Å². The summed E-state index contributed by atoms with van der Waals surface area (Å²) >= 11 is 10.2. The van der Waals surface area contributed by atoms with Crippen LogP contribution in [0.5, 0.6) is 0 Å². The number of hydrogen-bond acceptors (Lipinski definition) is 2. The van der Waals surface area contributed by atoms with Crippen LogP contribution in [0.4, 0.5) is 28.9 Å². The standard InChI is InChI=1S/C13H7ClF4N2S/c14-7-3-5(15)4-8(16)12(7)20-9-2-1-6(13(19)21)10(17)11(9)18/h1-4,20H,(H2,19,21). The minimum Gasteiger partial charge on any atom is -0.389 e. The summed E-state index contributed by atoms with van der Waals surface area (Å²) in [5.74, 6) is -4.51. The Balaban J connectivity index is 2.46. The Morgan fingerprint density at radius 2 is 1.76 bits per heavy atom. The third-order valence-electron chi connectivity index (χ3n) is 2.61. The van der Waals surface area contributed by atoms with Crippen LogP contribution in [0, 0.1) is 23.3 Å². The number of rotatable bonds is 3. The number of thiocarbonyl (C=S) groups is 1. The van der Waals surface area contributed by atoms with Crippen molar-refractivity contribution in [1.29, 1.82) is 0 Å². The van der Waals surface area contributed by atoms with Gasteiger partial charge in [0.1, 0.15) is 10.8 Å². The molecule has 0 atom stereocenters. The van der Waals surface area contributed by atoms with Crippen LogP contribution in [0.3, 0.4) is 0 Å². The van der Waals surface area contributed by atoms with Crippen LogP contribution in [0.15, 0.2) is 24.3 Å². The molecule has 3 N–H and O–H groups in total. The van der Waals surface area contributed by atoms with E-state index in [2.05, 4.69) is 17.5 Å². The minimum absolute atomic E-state index is 0.279. The van der Waals surface area contributed by atoms with Gasteiger partial charge in [-0.25, -0.2) is 17.6 Å². The van der Waals surface area contributed by atoms with Gasteiger partial charge in [0.05, 0.1) is 16.4 Å². The van der Waals surface area contributed by atoms with Gasteiger partial charge in [0.15, 0.2) is 17.5 Å². The zero-order valence-electron chi connectivity index (χ0n) is 10.2. The number of anilines is 2. The van der Waals surface area contributed by atoms with E-state index in [0.29, 0.717) is 6.07 Å². The van der Waals surface area contributed by atoms with Crippen molar-refractivity contribution in [2.45, 2.75) is 0 Å². The highest BCUT2D eigenvalue weighted by Gasteiger charge is 2.17. The average molecular weight is 335 g/mol. The predicted octanol–water partition coefficient (Wildman–Crippen LogP) is 4.27. The molecule has 0 aliphatic rings. The Bertz CT molecular complexity index is 713. The van der Waals surface area contributed by atoms with E-state index in [4.69, 9.17) is 17.3 Å². The molecular formula is C13H7ClF4N2S. The van der Waals surface area contributed by atoms with E-state index < -0.39 is 23.3 Å². The minimum atomic E-state index is -1.31. The topological polar surface area (TPSA) is 38.0 Å². The van der Waals surface area contributed by atoms with E-state index in [1.165, 1.54) is 0 Å². The smallest absolute Gasteiger partial charge is 0.182 e. The molecule has 0 aliphatic heterocycles. The molecular weight excluding hydrogens is 328 g/mol. The molecule has 0 fully saturated rings. The summed E-state index contributed by atoms with van der Waals surface area (Å²) in [6.07, 6.45) is 0. The average Bonchev–Trinajstić information content (AvgIpc) is 2.38. The summed E-state index contributed by atoms with van der Waals surface area (Å²) in [6, 6.07) is 3.65. The molecule has 0 bridgehead atoms. The maximum absolute atomic E-state index is 13.9. The summed E-state index contributed by atoms with van der Waals surface area (Å²) in [7, 11) is 0. The van der Waals surface area contributed by atoms with Crippen LogP contribution >= 0.6 is 23.8 Å². The second-order valence-electron chi connectivity index (χ2n) is 4.02. The lowest BCUT2D eigenvalue weighted by molar-refractivity contribution is 0.510. The Morgan fingerprint density at radius 1 is 1.10 bits per heavy atom. The summed E-state index contributed by atoms with van der Waals surface area (Å²) in [6.45, 7) is 0. The number of hydrogen-bond donors (Lipinski definition) is 2. The van der Waals surface area contributed by atoms with E-state index in [0.717, 1.165) is 18.2 Å². The molecule has 2 aromatic carbocycles. The van der Waals surface area contributed by atoms with Gasteiger partial charge >= 0.3 is 0 Å². The quantitative estimate of drug-likeness (QED) is 0.650. The Hall–Kier alpha value is -1.86. The number of nitrogens with one attached hydrogen (secondary N) is 1. The Morgan fingerprint density at radius 3 is 2.33 bits per heavy atom. The molecule has 0 saturated carbocycles. The van der Waals surface area contributed by atoms with Crippen molar-refractivity contribution in [3.8, 4) is 0 Å². The molecule has 0 aromatic heterocycles. The molecule has 21 heavy (non-hydrogen) atoms. The first-order chi connectivity index (χ1) is 9.81. The number of halogens is 5. The van der Waals surface area contributed by atoms with Gasteiger partial charge in [-0.1, -0.05) is 23.8 Å². The highest BCUT2D eigenvalue weighted by Crippen LogP contribution is 2.31. The molecule has 0 radical (unpaired) electrons. The van der Waals surface area contributed by atoms with Crippen molar-refractivity contribution in [3.05, 3.63) is 58.1 Å². The fourth-order valence-electron chi connectivity index (χ4n) is 1.63. The lowest BCUT2D eigenvalue weighted by atomic mass is 10.1. The first-order valence-electron chi connectivity index (χ1n) is 5.50. The molecule has 8 heteroatoms. The van der Waals surface area contributed by atoms with Crippen molar-refractivity contribution >= 4 is 40.2 Å². The van der Waals surface area contributed by atoms with Gasteiger partial charge in [0.25, 0.3) is 0 Å². The lowest BCUT2D eigenvalue weighted by Gasteiger charge is -2.12. The molecule has 110 valence electrons. The number of nitrogens with two attached hydrogens (primary N) is 1. The highest BCUT2D eigenvalue weighted by molar-refractivity contribution is 7.80. The van der Waals surface area contributed by atoms with E-state index in [1.54, 1.807) is 0 Å². The molecule has 0 unspecified atom stereocenters. The van der Waals surface area contributed by atoms with E-state index in [-0.39, 0.29) is 26.9 Å². The van der Waals surface area contributed by atoms with Gasteiger partial charge in [0.2, 0.25) is 0 Å². The third-order valence-corrected chi connectivity index (χ3v) is 3.13. The zero-order valence-corrected chi connectivity index (χ0v) is 11.8. The second kappa shape index (κ2) is 5.87. The lowest BCUT2D eigenvalue weighted by Crippen LogP contribution is -2.13. The van der Waals surface area contributed by atoms with E-state index >= 15 is 0 Å². The van der Waals surface area contributed by atoms with Crippen LogP contribution in [0.1, 0.15) is 5.56 Å². The first-order valence-corrected chi connectivity index (χ1v) is 6.29. The van der Waals surface area contributed by atoms with E-state index in [1.807, 2.05) is 0 Å². The SMILES string of the molecule is NC(=S)c1ccc(Nc2c(F)cc(F)cc2Cl)c(F)c1F. The zero-order chi connectivity index (χ0) is 15.7. The molecule has 0 amide bonds.